The molecule has 0 atom stereocenters. The van der Waals surface area contributed by atoms with Crippen LogP contribution >= 0.6 is 0 Å². The van der Waals surface area contributed by atoms with E-state index in [0.29, 0.717) is 11.4 Å². The van der Waals surface area contributed by atoms with Crippen molar-refractivity contribution in [1.29, 1.82) is 0 Å². The molecule has 0 aliphatic rings. The molecule has 2 aromatic carbocycles. The Hall–Kier alpha value is -3.48. The van der Waals surface area contributed by atoms with E-state index in [0.717, 1.165) is 16.6 Å². The normalized spacial score (nSPS) is 11.7. The van der Waals surface area contributed by atoms with Crippen LogP contribution in [-0.4, -0.2) is 26.0 Å². The molecule has 4 rings (SSSR count). The molecule has 1 N–H and O–H groups in total. The summed E-state index contributed by atoms with van der Waals surface area (Å²) < 4.78 is 6.47. The first-order valence-corrected chi connectivity index (χ1v) is 9.03. The highest BCUT2D eigenvalue weighted by atomic mass is 16.6. The van der Waals surface area contributed by atoms with Gasteiger partial charge in [-0.05, 0) is 47.3 Å². The monoisotopic (exact) mass is 375 g/mol. The quantitative estimate of drug-likeness (QED) is 0.578. The second-order valence-corrected chi connectivity index (χ2v) is 7.74. The second-order valence-electron chi connectivity index (χ2n) is 7.74. The lowest BCUT2D eigenvalue weighted by atomic mass is 9.87. The van der Waals surface area contributed by atoms with Gasteiger partial charge in [0.05, 0.1) is 23.1 Å². The van der Waals surface area contributed by atoms with Crippen LogP contribution in [0.2, 0.25) is 0 Å². The van der Waals surface area contributed by atoms with E-state index in [1.54, 1.807) is 13.1 Å². The molecule has 0 aliphatic carbocycles. The molecule has 2 heterocycles. The minimum absolute atomic E-state index is 0.0935. The van der Waals surface area contributed by atoms with Crippen LogP contribution in [0.25, 0.3) is 16.6 Å². The number of hydrogen-bond donors (Lipinski definition) is 1. The molecule has 1 amide bonds. The lowest BCUT2D eigenvalue weighted by Gasteiger charge is -2.19. The van der Waals surface area contributed by atoms with Crippen LogP contribution in [0.4, 0.5) is 5.69 Å². The van der Waals surface area contributed by atoms with Crippen molar-refractivity contribution in [2.75, 3.05) is 5.32 Å². The molecule has 2 aromatic heterocycles. The van der Waals surface area contributed by atoms with Gasteiger partial charge in [-0.25, -0.2) is 9.31 Å². The van der Waals surface area contributed by atoms with Gasteiger partial charge in [-0.3, -0.25) is 4.79 Å². The summed E-state index contributed by atoms with van der Waals surface area (Å²) in [6.45, 7) is 8.23. The lowest BCUT2D eigenvalue weighted by Crippen LogP contribution is -2.13. The van der Waals surface area contributed by atoms with Crippen molar-refractivity contribution in [3.8, 4) is 5.69 Å². The Balaban J connectivity index is 1.69. The maximum atomic E-state index is 12.4. The van der Waals surface area contributed by atoms with E-state index in [1.807, 2.05) is 22.9 Å². The topological polar surface area (TPSA) is 85.8 Å². The number of fused-ring (bicyclic) bond motifs is 1. The summed E-state index contributed by atoms with van der Waals surface area (Å²) in [6, 6.07) is 14.0. The van der Waals surface area contributed by atoms with Crippen LogP contribution < -0.4 is 5.32 Å². The SMILES string of the molecule is Cc1nonc1C(=O)Nc1cccc2c1cnn2-c1ccc(C(C)(C)C)cc1. The number of aromatic nitrogens is 4. The van der Waals surface area contributed by atoms with Gasteiger partial charge in [-0.15, -0.1) is 0 Å². The Labute approximate surface area is 162 Å². The molecule has 4 aromatic rings. The summed E-state index contributed by atoms with van der Waals surface area (Å²) in [6.07, 6.45) is 1.75. The average molecular weight is 375 g/mol. The van der Waals surface area contributed by atoms with Crippen molar-refractivity contribution in [3.63, 3.8) is 0 Å². The van der Waals surface area contributed by atoms with Gasteiger partial charge in [0.2, 0.25) is 0 Å². The van der Waals surface area contributed by atoms with E-state index in [4.69, 9.17) is 0 Å². The van der Waals surface area contributed by atoms with Crippen LogP contribution in [0, 0.1) is 6.92 Å². The molecular weight excluding hydrogens is 354 g/mol. The first-order valence-electron chi connectivity index (χ1n) is 9.03. The van der Waals surface area contributed by atoms with Crippen molar-refractivity contribution in [2.45, 2.75) is 33.1 Å². The number of aryl methyl sites for hydroxylation is 1. The van der Waals surface area contributed by atoms with Gasteiger partial charge < -0.3 is 5.32 Å². The first-order chi connectivity index (χ1) is 13.3. The Bertz CT molecular complexity index is 1150. The third kappa shape index (κ3) is 3.15. The van der Waals surface area contributed by atoms with Crippen molar-refractivity contribution in [2.24, 2.45) is 0 Å². The number of benzene rings is 2. The number of hydrogen-bond acceptors (Lipinski definition) is 5. The second kappa shape index (κ2) is 6.60. The predicted octanol–water partition coefficient (Wildman–Crippen LogP) is 4.27. The van der Waals surface area contributed by atoms with Gasteiger partial charge in [-0.1, -0.05) is 44.1 Å². The molecule has 0 spiro atoms. The van der Waals surface area contributed by atoms with Crippen LogP contribution in [-0.2, 0) is 5.41 Å². The smallest absolute Gasteiger partial charge is 0.279 e. The summed E-state index contributed by atoms with van der Waals surface area (Å²) >= 11 is 0. The van der Waals surface area contributed by atoms with Crippen LogP contribution in [0.3, 0.4) is 0 Å². The molecule has 28 heavy (non-hydrogen) atoms. The first kappa shape index (κ1) is 17.9. The van der Waals surface area contributed by atoms with E-state index in [2.05, 4.69) is 70.4 Å². The van der Waals surface area contributed by atoms with E-state index < -0.39 is 0 Å². The van der Waals surface area contributed by atoms with Gasteiger partial charge in [-0.2, -0.15) is 5.10 Å². The third-order valence-corrected chi connectivity index (χ3v) is 4.71. The molecule has 0 saturated heterocycles. The summed E-state index contributed by atoms with van der Waals surface area (Å²) in [4.78, 5) is 12.4. The maximum absolute atomic E-state index is 12.4. The third-order valence-electron chi connectivity index (χ3n) is 4.71. The molecule has 0 saturated carbocycles. The number of nitrogens with one attached hydrogen (secondary N) is 1. The Morgan fingerprint density at radius 1 is 1.07 bits per heavy atom. The molecule has 0 radical (unpaired) electrons. The van der Waals surface area contributed by atoms with E-state index in [9.17, 15) is 4.79 Å². The van der Waals surface area contributed by atoms with Crippen LogP contribution in [0.1, 0.15) is 42.5 Å². The number of nitrogens with zero attached hydrogens (tertiary/aromatic N) is 4. The van der Waals surface area contributed by atoms with E-state index in [-0.39, 0.29) is 17.0 Å². The van der Waals surface area contributed by atoms with E-state index >= 15 is 0 Å². The molecule has 0 aliphatic heterocycles. The lowest BCUT2D eigenvalue weighted by molar-refractivity contribution is 0.101. The highest BCUT2D eigenvalue weighted by Crippen LogP contribution is 2.27. The Kier molecular flexibility index (Phi) is 4.22. The predicted molar refractivity (Wildman–Crippen MR) is 107 cm³/mol. The van der Waals surface area contributed by atoms with Crippen LogP contribution in [0.5, 0.6) is 0 Å². The molecule has 142 valence electrons. The summed E-state index contributed by atoms with van der Waals surface area (Å²) in [5.41, 5.74) is 4.48. The molecule has 0 fully saturated rings. The highest BCUT2D eigenvalue weighted by molar-refractivity contribution is 6.08. The van der Waals surface area contributed by atoms with Gasteiger partial charge >= 0.3 is 0 Å². The standard InChI is InChI=1S/C21H21N5O2/c1-13-19(25-28-24-13)20(27)23-17-6-5-7-18-16(17)12-22-26(18)15-10-8-14(9-11-15)21(2,3)4/h5-12H,1-4H3,(H,23,27). The summed E-state index contributed by atoms with van der Waals surface area (Å²) in [7, 11) is 0. The van der Waals surface area contributed by atoms with Gasteiger partial charge in [0.1, 0.15) is 5.69 Å². The molecule has 0 unspecified atom stereocenters. The molecule has 7 nitrogen and oxygen atoms in total. The molecule has 0 bridgehead atoms. The number of rotatable bonds is 3. The summed E-state index contributed by atoms with van der Waals surface area (Å²) in [5, 5.41) is 15.5. The zero-order valence-corrected chi connectivity index (χ0v) is 16.2. The Morgan fingerprint density at radius 2 is 1.82 bits per heavy atom. The van der Waals surface area contributed by atoms with Crippen LogP contribution in [0.15, 0.2) is 53.3 Å². The number of anilines is 1. The Morgan fingerprint density at radius 3 is 2.46 bits per heavy atom. The number of amides is 1. The number of carbonyl (C=O) groups excluding carboxylic acids is 1. The minimum Gasteiger partial charge on any atom is -0.320 e. The minimum atomic E-state index is -0.367. The molecular formula is C21H21N5O2. The largest absolute Gasteiger partial charge is 0.320 e. The van der Waals surface area contributed by atoms with Crippen molar-refractivity contribution < 1.29 is 9.42 Å². The maximum Gasteiger partial charge on any atom is 0.279 e. The highest BCUT2D eigenvalue weighted by Gasteiger charge is 2.18. The van der Waals surface area contributed by atoms with Crippen molar-refractivity contribution >= 4 is 22.5 Å². The zero-order chi connectivity index (χ0) is 19.9. The fourth-order valence-corrected chi connectivity index (χ4v) is 3.09. The van der Waals surface area contributed by atoms with E-state index in [1.165, 1.54) is 5.56 Å². The van der Waals surface area contributed by atoms with Crippen molar-refractivity contribution in [3.05, 3.63) is 65.6 Å². The average Bonchev–Trinajstić information content (AvgIpc) is 3.28. The summed E-state index contributed by atoms with van der Waals surface area (Å²) in [5.74, 6) is -0.367. The fourth-order valence-electron chi connectivity index (χ4n) is 3.09. The van der Waals surface area contributed by atoms with Gasteiger partial charge in [0.15, 0.2) is 5.69 Å². The zero-order valence-electron chi connectivity index (χ0n) is 16.2. The van der Waals surface area contributed by atoms with Gasteiger partial charge in [0.25, 0.3) is 5.91 Å². The van der Waals surface area contributed by atoms with Crippen molar-refractivity contribution in [1.82, 2.24) is 20.1 Å². The van der Waals surface area contributed by atoms with Gasteiger partial charge in [0, 0.05) is 5.39 Å². The number of carbonyl (C=O) groups is 1. The fraction of sp³-hybridized carbons (Fsp3) is 0.238. The molecule has 7 heteroatoms.